The summed E-state index contributed by atoms with van der Waals surface area (Å²) in [6.07, 6.45) is -0.615. The van der Waals surface area contributed by atoms with E-state index in [2.05, 4.69) is 29.9 Å². The molecule has 1 atom stereocenters. The molecule has 206 valence electrons. The molecule has 1 fully saturated rings. The molecule has 0 radical (unpaired) electrons. The summed E-state index contributed by atoms with van der Waals surface area (Å²) in [4.78, 5) is 26.8. The minimum absolute atomic E-state index is 0.000836. The van der Waals surface area contributed by atoms with Crippen LogP contribution in [-0.2, 0) is 6.18 Å². The Kier molecular flexibility index (Phi) is 6.82. The van der Waals surface area contributed by atoms with Crippen molar-refractivity contribution in [2.24, 2.45) is 0 Å². The van der Waals surface area contributed by atoms with Gasteiger partial charge in [0.15, 0.2) is 5.82 Å². The van der Waals surface area contributed by atoms with Gasteiger partial charge in [0.1, 0.15) is 23.6 Å². The lowest BCUT2D eigenvalue weighted by molar-refractivity contribution is -0.159. The lowest BCUT2D eigenvalue weighted by atomic mass is 10.1. The van der Waals surface area contributed by atoms with Crippen LogP contribution in [0.1, 0.15) is 41.6 Å². The molecule has 5 rings (SSSR count). The molecule has 0 aliphatic carbocycles. The van der Waals surface area contributed by atoms with Gasteiger partial charge in [-0.25, -0.2) is 18.7 Å². The number of hydrogen-bond acceptors (Lipinski definition) is 8. The van der Waals surface area contributed by atoms with E-state index in [9.17, 15) is 22.4 Å². The lowest BCUT2D eigenvalue weighted by Gasteiger charge is -2.19. The number of alkyl halides is 3. The Hall–Kier alpha value is -4.30. The summed E-state index contributed by atoms with van der Waals surface area (Å²) in [5, 5.41) is 6.30. The highest BCUT2D eigenvalue weighted by molar-refractivity contribution is 5.95. The monoisotopic (exact) mass is 550 g/mol. The molecular weight excluding hydrogens is 527 g/mol. The van der Waals surface area contributed by atoms with Gasteiger partial charge in [-0.1, -0.05) is 0 Å². The highest BCUT2D eigenvalue weighted by Gasteiger charge is 2.39. The molecule has 4 aromatic rings. The third-order valence-electron chi connectivity index (χ3n) is 6.47. The second-order valence-electron chi connectivity index (χ2n) is 9.29. The van der Waals surface area contributed by atoms with Crippen LogP contribution in [0, 0.1) is 11.6 Å². The predicted octanol–water partition coefficient (Wildman–Crippen LogP) is 4.79. The quantitative estimate of drug-likeness (QED) is 0.354. The van der Waals surface area contributed by atoms with Gasteiger partial charge in [-0.3, -0.25) is 4.79 Å². The number of rotatable bonds is 5. The number of benzene rings is 1. The molecule has 1 aliphatic heterocycles. The van der Waals surface area contributed by atoms with Crippen molar-refractivity contribution in [3.8, 4) is 0 Å². The Labute approximate surface area is 218 Å². The summed E-state index contributed by atoms with van der Waals surface area (Å²) < 4.78 is 74.5. The van der Waals surface area contributed by atoms with Crippen LogP contribution in [0.5, 0.6) is 0 Å². The van der Waals surface area contributed by atoms with E-state index >= 15 is 4.39 Å². The smallest absolute Gasteiger partial charge is 0.345 e. The van der Waals surface area contributed by atoms with Gasteiger partial charge >= 0.3 is 12.1 Å². The van der Waals surface area contributed by atoms with E-state index in [1.807, 2.05) is 0 Å². The topological polar surface area (TPSA) is 105 Å². The zero-order valence-corrected chi connectivity index (χ0v) is 20.8. The zero-order chi connectivity index (χ0) is 27.9. The van der Waals surface area contributed by atoms with Crippen LogP contribution in [0.3, 0.4) is 0 Å². The van der Waals surface area contributed by atoms with Crippen molar-refractivity contribution in [2.75, 3.05) is 37.4 Å². The predicted molar refractivity (Wildman–Crippen MR) is 130 cm³/mol. The van der Waals surface area contributed by atoms with Gasteiger partial charge in [-0.15, -0.1) is 0 Å². The third kappa shape index (κ3) is 5.20. The molecule has 1 aromatic carbocycles. The Morgan fingerprint density at radius 1 is 1.13 bits per heavy atom. The van der Waals surface area contributed by atoms with Crippen molar-refractivity contribution in [1.82, 2.24) is 29.6 Å². The summed E-state index contributed by atoms with van der Waals surface area (Å²) >= 11 is 0. The van der Waals surface area contributed by atoms with Gasteiger partial charge in [0, 0.05) is 45.0 Å². The van der Waals surface area contributed by atoms with Crippen molar-refractivity contribution in [2.45, 2.75) is 31.5 Å². The van der Waals surface area contributed by atoms with Crippen LogP contribution in [0.15, 0.2) is 35.2 Å². The largest absolute Gasteiger partial charge is 0.471 e. The SMILES string of the molecule is CN(C)C(=O)c1ccc(Nc2ncnc3c2c(F)cn3C2CCCN(c3noc(C(F)(F)F)n3)CC2)c(F)c1. The second-order valence-corrected chi connectivity index (χ2v) is 9.29. The van der Waals surface area contributed by atoms with Crippen molar-refractivity contribution in [3.63, 3.8) is 0 Å². The van der Waals surface area contributed by atoms with Crippen LogP contribution in [-0.4, -0.2) is 62.7 Å². The van der Waals surface area contributed by atoms with Crippen molar-refractivity contribution in [1.29, 1.82) is 0 Å². The summed E-state index contributed by atoms with van der Waals surface area (Å²) in [7, 11) is 3.11. The molecule has 1 saturated heterocycles. The Morgan fingerprint density at radius 2 is 1.92 bits per heavy atom. The number of nitrogens with one attached hydrogen (secondary N) is 1. The van der Waals surface area contributed by atoms with Gasteiger partial charge in [-0.2, -0.15) is 18.2 Å². The molecule has 15 heteroatoms. The highest BCUT2D eigenvalue weighted by atomic mass is 19.4. The van der Waals surface area contributed by atoms with Gasteiger partial charge < -0.3 is 24.2 Å². The fraction of sp³-hybridized carbons (Fsp3) is 0.375. The van der Waals surface area contributed by atoms with Crippen LogP contribution in [0.2, 0.25) is 0 Å². The number of halogens is 5. The first-order chi connectivity index (χ1) is 18.5. The molecule has 4 heterocycles. The van der Waals surface area contributed by atoms with E-state index in [1.54, 1.807) is 23.6 Å². The van der Waals surface area contributed by atoms with Crippen LogP contribution in [0.4, 0.5) is 39.4 Å². The normalized spacial score (nSPS) is 16.4. The van der Waals surface area contributed by atoms with Crippen LogP contribution >= 0.6 is 0 Å². The first-order valence-corrected chi connectivity index (χ1v) is 12.0. The minimum Gasteiger partial charge on any atom is -0.345 e. The molecule has 10 nitrogen and oxygen atoms in total. The van der Waals surface area contributed by atoms with Gasteiger partial charge in [0.05, 0.1) is 11.1 Å². The maximum atomic E-state index is 15.2. The van der Waals surface area contributed by atoms with Crippen LogP contribution in [0.25, 0.3) is 11.0 Å². The molecule has 1 unspecified atom stereocenters. The number of carbonyl (C=O) groups is 1. The molecule has 1 N–H and O–H groups in total. The average Bonchev–Trinajstić information content (AvgIpc) is 3.44. The maximum absolute atomic E-state index is 15.2. The Morgan fingerprint density at radius 3 is 2.62 bits per heavy atom. The number of amides is 1. The number of hydrogen-bond donors (Lipinski definition) is 1. The van der Waals surface area contributed by atoms with Crippen molar-refractivity contribution in [3.05, 3.63) is 53.8 Å². The van der Waals surface area contributed by atoms with E-state index in [4.69, 9.17) is 0 Å². The molecule has 0 bridgehead atoms. The molecule has 1 amide bonds. The fourth-order valence-corrected chi connectivity index (χ4v) is 4.56. The number of anilines is 3. The first kappa shape index (κ1) is 26.3. The Balaban J connectivity index is 1.38. The maximum Gasteiger partial charge on any atom is 0.471 e. The van der Waals surface area contributed by atoms with E-state index in [0.29, 0.717) is 32.4 Å². The van der Waals surface area contributed by atoms with Gasteiger partial charge in [0.2, 0.25) is 0 Å². The lowest BCUT2D eigenvalue weighted by Crippen LogP contribution is -2.25. The summed E-state index contributed by atoms with van der Waals surface area (Å²) in [5.41, 5.74) is 0.439. The second kappa shape index (κ2) is 10.1. The van der Waals surface area contributed by atoms with Crippen molar-refractivity contribution >= 4 is 34.4 Å². The number of fused-ring (bicyclic) bond motifs is 1. The van der Waals surface area contributed by atoms with E-state index in [-0.39, 0.29) is 46.0 Å². The molecule has 1 aliphatic rings. The van der Waals surface area contributed by atoms with Gasteiger partial charge in [0.25, 0.3) is 11.9 Å². The fourth-order valence-electron chi connectivity index (χ4n) is 4.56. The van der Waals surface area contributed by atoms with Gasteiger partial charge in [-0.05, 0) is 42.6 Å². The van der Waals surface area contributed by atoms with E-state index < -0.39 is 23.7 Å². The summed E-state index contributed by atoms with van der Waals surface area (Å²) in [6.45, 7) is 0.699. The first-order valence-electron chi connectivity index (χ1n) is 12.0. The number of nitrogens with zero attached hydrogens (tertiary/aromatic N) is 7. The van der Waals surface area contributed by atoms with E-state index in [1.165, 1.54) is 29.6 Å². The molecular formula is C24H23F5N8O2. The standard InChI is InChI=1S/C24H23F5N8O2/c1-35(2)21(38)13-5-6-17(15(25)10-13)32-19-18-16(26)11-37(20(18)31-12-30-19)14-4-3-8-36(9-7-14)23-33-22(39-34-23)24(27,28)29/h5-6,10-12,14H,3-4,7-9H2,1-2H3,(H,30,31,32). The molecule has 39 heavy (non-hydrogen) atoms. The van der Waals surface area contributed by atoms with Crippen LogP contribution < -0.4 is 10.2 Å². The number of aromatic nitrogens is 5. The minimum atomic E-state index is -4.73. The molecule has 0 spiro atoms. The average molecular weight is 550 g/mol. The molecule has 0 saturated carbocycles. The summed E-state index contributed by atoms with van der Waals surface area (Å²) in [6, 6.07) is 3.68. The number of carbonyl (C=O) groups excluding carboxylic acids is 1. The van der Waals surface area contributed by atoms with Crippen molar-refractivity contribution < 1.29 is 31.3 Å². The third-order valence-corrected chi connectivity index (χ3v) is 6.47. The highest BCUT2D eigenvalue weighted by Crippen LogP contribution is 2.34. The summed E-state index contributed by atoms with van der Waals surface area (Å²) in [5.74, 6) is -3.22. The van der Waals surface area contributed by atoms with E-state index in [0.717, 1.165) is 6.07 Å². The molecule has 3 aromatic heterocycles. The zero-order valence-electron chi connectivity index (χ0n) is 20.8. The Bertz CT molecular complexity index is 1520.